The fourth-order valence-corrected chi connectivity index (χ4v) is 3.28. The highest BCUT2D eigenvalue weighted by Gasteiger charge is 2.18. The monoisotopic (exact) mass is 238 g/mol. The molecule has 0 aliphatic carbocycles. The molecule has 4 heteroatoms. The van der Waals surface area contributed by atoms with Crippen molar-refractivity contribution in [1.82, 2.24) is 0 Å². The fraction of sp³-hybridized carbons (Fsp3) is 0.333. The zero-order valence-electron chi connectivity index (χ0n) is 9.47. The molecule has 2 rings (SSSR count). The van der Waals surface area contributed by atoms with Gasteiger partial charge in [-0.25, -0.2) is 0 Å². The maximum absolute atomic E-state index is 12.1. The molecule has 0 spiro atoms. The Morgan fingerprint density at radius 3 is 2.88 bits per heavy atom. The number of furan rings is 1. The quantitative estimate of drug-likeness (QED) is 0.759. The van der Waals surface area contributed by atoms with Crippen molar-refractivity contribution in [2.24, 2.45) is 0 Å². The van der Waals surface area contributed by atoms with Crippen LogP contribution in [0.4, 0.5) is 0 Å². The van der Waals surface area contributed by atoms with E-state index in [2.05, 4.69) is 0 Å². The van der Waals surface area contributed by atoms with Crippen LogP contribution in [-0.4, -0.2) is 13.3 Å². The van der Waals surface area contributed by atoms with E-state index in [-0.39, 0.29) is 0 Å². The normalized spacial score (nSPS) is 15.1. The summed E-state index contributed by atoms with van der Waals surface area (Å²) in [5.74, 6) is 0. The Kier molecular flexibility index (Phi) is 3.17. The van der Waals surface area contributed by atoms with Crippen LogP contribution in [0.25, 0.3) is 11.0 Å². The molecule has 86 valence electrons. The van der Waals surface area contributed by atoms with Crippen molar-refractivity contribution < 1.29 is 13.5 Å². The van der Waals surface area contributed by atoms with Crippen LogP contribution >= 0.6 is 7.37 Å². The van der Waals surface area contributed by atoms with Gasteiger partial charge >= 0.3 is 0 Å². The zero-order chi connectivity index (χ0) is 11.6. The highest BCUT2D eigenvalue weighted by molar-refractivity contribution is 7.57. The molecule has 0 aliphatic heterocycles. The molecular weight excluding hydrogens is 223 g/mol. The second kappa shape index (κ2) is 4.44. The zero-order valence-corrected chi connectivity index (χ0v) is 10.4. The number of benzene rings is 1. The standard InChI is InChI=1S/C12H15O3P/c1-3-15-16(2,13)9-10-8-14-12-7-5-4-6-11(10)12/h4-8H,3,9H2,1-2H3. The van der Waals surface area contributed by atoms with Gasteiger partial charge < -0.3 is 8.94 Å². The lowest BCUT2D eigenvalue weighted by Crippen LogP contribution is -1.91. The minimum absolute atomic E-state index is 0.428. The highest BCUT2D eigenvalue weighted by Crippen LogP contribution is 2.47. The number of rotatable bonds is 4. The predicted octanol–water partition coefficient (Wildman–Crippen LogP) is 3.88. The summed E-state index contributed by atoms with van der Waals surface area (Å²) in [6.45, 7) is 3.99. The lowest BCUT2D eigenvalue weighted by atomic mass is 10.2. The van der Waals surface area contributed by atoms with Crippen molar-refractivity contribution in [2.45, 2.75) is 13.1 Å². The Hall–Kier alpha value is -1.05. The van der Waals surface area contributed by atoms with E-state index in [0.29, 0.717) is 12.8 Å². The minimum Gasteiger partial charge on any atom is -0.464 e. The molecule has 1 atom stereocenters. The van der Waals surface area contributed by atoms with Crippen LogP contribution in [0.5, 0.6) is 0 Å². The van der Waals surface area contributed by atoms with Crippen LogP contribution in [0.15, 0.2) is 34.9 Å². The molecule has 1 aromatic heterocycles. The molecule has 0 amide bonds. The van der Waals surface area contributed by atoms with E-state index in [4.69, 9.17) is 8.94 Å². The van der Waals surface area contributed by atoms with Crippen molar-refractivity contribution in [2.75, 3.05) is 13.3 Å². The van der Waals surface area contributed by atoms with Gasteiger partial charge in [-0.05, 0) is 13.0 Å². The summed E-state index contributed by atoms with van der Waals surface area (Å²) in [5, 5.41) is 1.02. The van der Waals surface area contributed by atoms with E-state index in [0.717, 1.165) is 16.5 Å². The lowest BCUT2D eigenvalue weighted by Gasteiger charge is -2.11. The first-order chi connectivity index (χ1) is 7.62. The van der Waals surface area contributed by atoms with Gasteiger partial charge in [-0.15, -0.1) is 0 Å². The van der Waals surface area contributed by atoms with Crippen LogP contribution in [0, 0.1) is 0 Å². The first kappa shape index (κ1) is 11.4. The smallest absolute Gasteiger partial charge is 0.204 e. The molecule has 0 bridgehead atoms. The molecule has 1 aromatic carbocycles. The molecule has 16 heavy (non-hydrogen) atoms. The minimum atomic E-state index is -2.55. The van der Waals surface area contributed by atoms with Crippen LogP contribution in [-0.2, 0) is 15.3 Å². The van der Waals surface area contributed by atoms with Crippen LogP contribution in [0.3, 0.4) is 0 Å². The third-order valence-corrected chi connectivity index (χ3v) is 4.14. The molecule has 3 nitrogen and oxygen atoms in total. The second-order valence-electron chi connectivity index (χ2n) is 3.85. The van der Waals surface area contributed by atoms with Crippen molar-refractivity contribution in [3.8, 4) is 0 Å². The van der Waals surface area contributed by atoms with E-state index in [1.807, 2.05) is 31.2 Å². The van der Waals surface area contributed by atoms with Crippen LogP contribution < -0.4 is 0 Å². The van der Waals surface area contributed by atoms with Crippen molar-refractivity contribution >= 4 is 18.3 Å². The third-order valence-electron chi connectivity index (χ3n) is 2.42. The third kappa shape index (κ3) is 2.37. The molecule has 1 unspecified atom stereocenters. The van der Waals surface area contributed by atoms with Gasteiger partial charge in [0, 0.05) is 17.6 Å². The first-order valence-corrected chi connectivity index (χ1v) is 7.54. The fourth-order valence-electron chi connectivity index (χ4n) is 1.78. The molecule has 0 radical (unpaired) electrons. The maximum atomic E-state index is 12.1. The van der Waals surface area contributed by atoms with Gasteiger partial charge in [-0.1, -0.05) is 18.2 Å². The van der Waals surface area contributed by atoms with Gasteiger partial charge in [0.25, 0.3) is 0 Å². The second-order valence-corrected chi connectivity index (χ2v) is 6.45. The van der Waals surface area contributed by atoms with Gasteiger partial charge in [0.15, 0.2) is 0 Å². The average molecular weight is 238 g/mol. The lowest BCUT2D eigenvalue weighted by molar-refractivity contribution is 0.336. The van der Waals surface area contributed by atoms with E-state index in [1.54, 1.807) is 12.9 Å². The van der Waals surface area contributed by atoms with Crippen molar-refractivity contribution in [3.05, 3.63) is 36.1 Å². The molecule has 0 saturated carbocycles. The van der Waals surface area contributed by atoms with E-state index >= 15 is 0 Å². The Morgan fingerprint density at radius 2 is 2.12 bits per heavy atom. The summed E-state index contributed by atoms with van der Waals surface area (Å²) >= 11 is 0. The van der Waals surface area contributed by atoms with Crippen LogP contribution in [0.2, 0.25) is 0 Å². The Bertz CT molecular complexity index is 530. The summed E-state index contributed by atoms with van der Waals surface area (Å²) in [6.07, 6.45) is 2.09. The summed E-state index contributed by atoms with van der Waals surface area (Å²) in [5.41, 5.74) is 1.78. The SMILES string of the molecule is CCOP(C)(=O)Cc1coc2ccccc12. The summed E-state index contributed by atoms with van der Waals surface area (Å²) in [7, 11) is -2.55. The topological polar surface area (TPSA) is 39.4 Å². The van der Waals surface area contributed by atoms with Crippen molar-refractivity contribution in [3.63, 3.8) is 0 Å². The predicted molar refractivity (Wildman–Crippen MR) is 65.1 cm³/mol. The highest BCUT2D eigenvalue weighted by atomic mass is 31.2. The molecule has 0 saturated heterocycles. The molecule has 0 fully saturated rings. The molecular formula is C12H15O3P. The van der Waals surface area contributed by atoms with Gasteiger partial charge in [0.2, 0.25) is 7.37 Å². The number of fused-ring (bicyclic) bond motifs is 1. The summed E-state index contributed by atoms with van der Waals surface area (Å²) in [4.78, 5) is 0. The Labute approximate surface area is 94.9 Å². The summed E-state index contributed by atoms with van der Waals surface area (Å²) in [6, 6.07) is 7.74. The Morgan fingerprint density at radius 1 is 1.38 bits per heavy atom. The van der Waals surface area contributed by atoms with E-state index in [9.17, 15) is 4.57 Å². The molecule has 0 N–H and O–H groups in total. The summed E-state index contributed by atoms with van der Waals surface area (Å²) < 4.78 is 22.7. The maximum Gasteiger partial charge on any atom is 0.204 e. The average Bonchev–Trinajstić information content (AvgIpc) is 2.61. The molecule has 2 aromatic rings. The van der Waals surface area contributed by atoms with E-state index in [1.165, 1.54) is 0 Å². The first-order valence-electron chi connectivity index (χ1n) is 5.28. The number of hydrogen-bond acceptors (Lipinski definition) is 3. The largest absolute Gasteiger partial charge is 0.464 e. The van der Waals surface area contributed by atoms with Crippen molar-refractivity contribution in [1.29, 1.82) is 0 Å². The van der Waals surface area contributed by atoms with Crippen LogP contribution in [0.1, 0.15) is 12.5 Å². The van der Waals surface area contributed by atoms with Gasteiger partial charge in [0.05, 0.1) is 19.0 Å². The molecule has 0 aliphatic rings. The van der Waals surface area contributed by atoms with Gasteiger partial charge in [-0.2, -0.15) is 0 Å². The van der Waals surface area contributed by atoms with Gasteiger partial charge in [-0.3, -0.25) is 4.57 Å². The molecule has 1 heterocycles. The number of hydrogen-bond donors (Lipinski definition) is 0. The Balaban J connectivity index is 2.31. The number of para-hydroxylation sites is 1. The van der Waals surface area contributed by atoms with E-state index < -0.39 is 7.37 Å². The van der Waals surface area contributed by atoms with Gasteiger partial charge in [0.1, 0.15) is 5.58 Å².